The van der Waals surface area contributed by atoms with Gasteiger partial charge in [0.15, 0.2) is 0 Å². The highest BCUT2D eigenvalue weighted by atomic mass is 19.1. The fraction of sp³-hybridized carbons (Fsp3) is 0.562. The first-order chi connectivity index (χ1) is 9.65. The molecule has 1 saturated carbocycles. The Kier molecular flexibility index (Phi) is 3.74. The van der Waals surface area contributed by atoms with Crippen LogP contribution in [-0.2, 0) is 4.74 Å². The van der Waals surface area contributed by atoms with Crippen LogP contribution in [-0.4, -0.2) is 36.6 Å². The molecule has 1 amide bonds. The van der Waals surface area contributed by atoms with Crippen molar-refractivity contribution in [1.82, 2.24) is 4.90 Å². The van der Waals surface area contributed by atoms with Gasteiger partial charge in [0.05, 0.1) is 6.61 Å². The van der Waals surface area contributed by atoms with Crippen LogP contribution in [0.5, 0.6) is 0 Å². The predicted octanol–water partition coefficient (Wildman–Crippen LogP) is 2.78. The Hall–Kier alpha value is -1.42. The molecule has 1 aromatic rings. The summed E-state index contributed by atoms with van der Waals surface area (Å²) in [7, 11) is 0. The summed E-state index contributed by atoms with van der Waals surface area (Å²) in [6.45, 7) is 4.00. The standard InChI is InChI=1S/C16H20FNO2/c1-11-8-13(2-5-15(11)17)16(19)18(14-3-4-14)9-12-6-7-20-10-12/h2,5,8,12,14H,3-4,6-7,9-10H2,1H3. The van der Waals surface area contributed by atoms with Gasteiger partial charge in [-0.15, -0.1) is 0 Å². The molecule has 1 aromatic carbocycles. The summed E-state index contributed by atoms with van der Waals surface area (Å²) in [4.78, 5) is 14.6. The maximum atomic E-state index is 13.3. The second-order valence-electron chi connectivity index (χ2n) is 5.88. The predicted molar refractivity (Wildman–Crippen MR) is 74.1 cm³/mol. The van der Waals surface area contributed by atoms with E-state index in [1.807, 2.05) is 4.90 Å². The molecular weight excluding hydrogens is 257 g/mol. The lowest BCUT2D eigenvalue weighted by molar-refractivity contribution is 0.0706. The summed E-state index contributed by atoms with van der Waals surface area (Å²) >= 11 is 0. The van der Waals surface area contributed by atoms with E-state index in [9.17, 15) is 9.18 Å². The van der Waals surface area contributed by atoms with E-state index in [1.165, 1.54) is 6.07 Å². The highest BCUT2D eigenvalue weighted by molar-refractivity contribution is 5.94. The van der Waals surface area contributed by atoms with E-state index in [-0.39, 0.29) is 11.7 Å². The third-order valence-corrected chi connectivity index (χ3v) is 4.13. The fourth-order valence-electron chi connectivity index (χ4n) is 2.73. The van der Waals surface area contributed by atoms with E-state index in [0.29, 0.717) is 23.1 Å². The number of halogens is 1. The Balaban J connectivity index is 1.75. The first kappa shape index (κ1) is 13.6. The third-order valence-electron chi connectivity index (χ3n) is 4.13. The van der Waals surface area contributed by atoms with E-state index < -0.39 is 0 Å². The zero-order valence-corrected chi connectivity index (χ0v) is 11.8. The van der Waals surface area contributed by atoms with Gasteiger partial charge < -0.3 is 9.64 Å². The molecule has 1 atom stereocenters. The second-order valence-corrected chi connectivity index (χ2v) is 5.88. The minimum Gasteiger partial charge on any atom is -0.381 e. The van der Waals surface area contributed by atoms with Gasteiger partial charge in [-0.05, 0) is 49.9 Å². The van der Waals surface area contributed by atoms with Crippen molar-refractivity contribution in [2.75, 3.05) is 19.8 Å². The van der Waals surface area contributed by atoms with Crippen molar-refractivity contribution in [2.45, 2.75) is 32.2 Å². The number of aryl methyl sites for hydroxylation is 1. The van der Waals surface area contributed by atoms with Gasteiger partial charge in [-0.1, -0.05) is 0 Å². The van der Waals surface area contributed by atoms with Gasteiger partial charge in [-0.25, -0.2) is 4.39 Å². The monoisotopic (exact) mass is 277 g/mol. The van der Waals surface area contributed by atoms with Crippen LogP contribution in [0.4, 0.5) is 4.39 Å². The Labute approximate surface area is 118 Å². The van der Waals surface area contributed by atoms with Crippen LogP contribution in [0.25, 0.3) is 0 Å². The SMILES string of the molecule is Cc1cc(C(=O)N(CC2CCOC2)C2CC2)ccc1F. The normalized spacial score (nSPS) is 22.0. The topological polar surface area (TPSA) is 29.5 Å². The van der Waals surface area contributed by atoms with E-state index in [0.717, 1.165) is 39.0 Å². The smallest absolute Gasteiger partial charge is 0.254 e. The van der Waals surface area contributed by atoms with E-state index in [4.69, 9.17) is 4.74 Å². The van der Waals surface area contributed by atoms with Gasteiger partial charge in [0, 0.05) is 30.7 Å². The number of ether oxygens (including phenoxy) is 1. The number of carbonyl (C=O) groups is 1. The molecule has 0 aromatic heterocycles. The molecule has 108 valence electrons. The van der Waals surface area contributed by atoms with Gasteiger partial charge in [-0.3, -0.25) is 4.79 Å². The quantitative estimate of drug-likeness (QED) is 0.847. The van der Waals surface area contributed by atoms with Crippen LogP contribution in [0.15, 0.2) is 18.2 Å². The van der Waals surface area contributed by atoms with E-state index in [1.54, 1.807) is 19.1 Å². The van der Waals surface area contributed by atoms with Crippen molar-refractivity contribution < 1.29 is 13.9 Å². The number of rotatable bonds is 4. The number of benzene rings is 1. The molecule has 0 radical (unpaired) electrons. The molecular formula is C16H20FNO2. The molecule has 0 N–H and O–H groups in total. The number of hydrogen-bond acceptors (Lipinski definition) is 2. The summed E-state index contributed by atoms with van der Waals surface area (Å²) in [6, 6.07) is 4.99. The Morgan fingerprint density at radius 2 is 2.20 bits per heavy atom. The first-order valence-corrected chi connectivity index (χ1v) is 7.30. The second kappa shape index (κ2) is 5.52. The van der Waals surface area contributed by atoms with Crippen LogP contribution >= 0.6 is 0 Å². The van der Waals surface area contributed by atoms with Crippen LogP contribution in [0.3, 0.4) is 0 Å². The van der Waals surface area contributed by atoms with Gasteiger partial charge in [0.1, 0.15) is 5.82 Å². The average molecular weight is 277 g/mol. The van der Waals surface area contributed by atoms with Crippen molar-refractivity contribution in [3.63, 3.8) is 0 Å². The molecule has 1 heterocycles. The number of hydrogen-bond donors (Lipinski definition) is 0. The lowest BCUT2D eigenvalue weighted by Crippen LogP contribution is -2.37. The van der Waals surface area contributed by atoms with Crippen molar-refractivity contribution in [1.29, 1.82) is 0 Å². The number of amides is 1. The summed E-state index contributed by atoms with van der Waals surface area (Å²) in [5.41, 5.74) is 1.12. The maximum Gasteiger partial charge on any atom is 0.254 e. The summed E-state index contributed by atoms with van der Waals surface area (Å²) in [5, 5.41) is 0. The van der Waals surface area contributed by atoms with Gasteiger partial charge in [0.2, 0.25) is 0 Å². The zero-order valence-electron chi connectivity index (χ0n) is 11.8. The molecule has 1 aliphatic carbocycles. The number of nitrogens with zero attached hydrogens (tertiary/aromatic N) is 1. The molecule has 1 aliphatic heterocycles. The molecule has 2 fully saturated rings. The van der Waals surface area contributed by atoms with Crippen LogP contribution < -0.4 is 0 Å². The molecule has 3 nitrogen and oxygen atoms in total. The fourth-order valence-corrected chi connectivity index (χ4v) is 2.73. The van der Waals surface area contributed by atoms with Gasteiger partial charge in [0.25, 0.3) is 5.91 Å². The lowest BCUT2D eigenvalue weighted by atomic mass is 10.1. The van der Waals surface area contributed by atoms with Crippen molar-refractivity contribution in [3.8, 4) is 0 Å². The van der Waals surface area contributed by atoms with Crippen molar-refractivity contribution in [3.05, 3.63) is 35.1 Å². The average Bonchev–Trinajstić information content (AvgIpc) is 3.15. The highest BCUT2D eigenvalue weighted by Gasteiger charge is 2.35. The summed E-state index contributed by atoms with van der Waals surface area (Å²) in [5.74, 6) is 0.215. The molecule has 3 rings (SSSR count). The maximum absolute atomic E-state index is 13.3. The molecule has 1 unspecified atom stereocenters. The van der Waals surface area contributed by atoms with E-state index in [2.05, 4.69) is 0 Å². The Morgan fingerprint density at radius 3 is 2.80 bits per heavy atom. The minimum absolute atomic E-state index is 0.0301. The zero-order chi connectivity index (χ0) is 14.1. The molecule has 4 heteroatoms. The molecule has 20 heavy (non-hydrogen) atoms. The van der Waals surface area contributed by atoms with Crippen LogP contribution in [0, 0.1) is 18.7 Å². The van der Waals surface area contributed by atoms with E-state index >= 15 is 0 Å². The highest BCUT2D eigenvalue weighted by Crippen LogP contribution is 2.30. The van der Waals surface area contributed by atoms with Crippen LogP contribution in [0.1, 0.15) is 35.2 Å². The molecule has 1 saturated heterocycles. The third kappa shape index (κ3) is 2.85. The van der Waals surface area contributed by atoms with Crippen molar-refractivity contribution in [2.24, 2.45) is 5.92 Å². The Morgan fingerprint density at radius 1 is 1.40 bits per heavy atom. The summed E-state index contributed by atoms with van der Waals surface area (Å²) < 4.78 is 18.7. The first-order valence-electron chi connectivity index (χ1n) is 7.30. The lowest BCUT2D eigenvalue weighted by Gasteiger charge is -2.25. The molecule has 0 bridgehead atoms. The minimum atomic E-state index is -0.260. The van der Waals surface area contributed by atoms with Crippen molar-refractivity contribution >= 4 is 5.91 Å². The van der Waals surface area contributed by atoms with Gasteiger partial charge >= 0.3 is 0 Å². The van der Waals surface area contributed by atoms with Crippen LogP contribution in [0.2, 0.25) is 0 Å². The van der Waals surface area contributed by atoms with Gasteiger partial charge in [-0.2, -0.15) is 0 Å². The number of carbonyl (C=O) groups excluding carboxylic acids is 1. The molecule has 0 spiro atoms. The largest absolute Gasteiger partial charge is 0.381 e. The molecule has 2 aliphatic rings. The summed E-state index contributed by atoms with van der Waals surface area (Å²) in [6.07, 6.45) is 3.19. The Bertz CT molecular complexity index is 507.